The van der Waals surface area contributed by atoms with Crippen LogP contribution in [0.15, 0.2) is 60.7 Å². The van der Waals surface area contributed by atoms with Crippen LogP contribution in [-0.2, 0) is 0 Å². The average molecular weight is 269 g/mol. The molecule has 0 saturated heterocycles. The third kappa shape index (κ3) is 3.27. The van der Waals surface area contributed by atoms with Gasteiger partial charge in [0.25, 0.3) is 0 Å². The summed E-state index contributed by atoms with van der Waals surface area (Å²) >= 11 is 0. The molecule has 2 rings (SSSR count). The summed E-state index contributed by atoms with van der Waals surface area (Å²) in [6.45, 7) is 4.07. The van der Waals surface area contributed by atoms with E-state index < -0.39 is 6.10 Å². The van der Waals surface area contributed by atoms with Gasteiger partial charge in [-0.1, -0.05) is 74.5 Å². The Balaban J connectivity index is 2.10. The molecule has 0 radical (unpaired) electrons. The van der Waals surface area contributed by atoms with Gasteiger partial charge in [0.05, 0.1) is 6.10 Å². The Hall–Kier alpha value is -1.64. The Morgan fingerprint density at radius 3 is 1.75 bits per heavy atom. The highest BCUT2D eigenvalue weighted by molar-refractivity contribution is 5.22. The van der Waals surface area contributed by atoms with Gasteiger partial charge in [0.15, 0.2) is 0 Å². The highest BCUT2D eigenvalue weighted by atomic mass is 16.3. The van der Waals surface area contributed by atoms with E-state index in [1.807, 2.05) is 62.4 Å². The Morgan fingerprint density at radius 2 is 1.25 bits per heavy atom. The number of hydrogen-bond donors (Lipinski definition) is 2. The molecule has 4 atom stereocenters. The van der Waals surface area contributed by atoms with Crippen LogP contribution in [0.2, 0.25) is 0 Å². The molecule has 1 unspecified atom stereocenters. The summed E-state index contributed by atoms with van der Waals surface area (Å²) in [6.07, 6.45) is -0.465. The van der Waals surface area contributed by atoms with Gasteiger partial charge >= 0.3 is 0 Å². The van der Waals surface area contributed by atoms with E-state index >= 15 is 0 Å². The molecule has 2 nitrogen and oxygen atoms in total. The molecular formula is C18H23NO. The molecule has 0 spiro atoms. The van der Waals surface area contributed by atoms with Crippen molar-refractivity contribution in [2.45, 2.75) is 31.9 Å². The van der Waals surface area contributed by atoms with Crippen LogP contribution >= 0.6 is 0 Å². The van der Waals surface area contributed by atoms with Gasteiger partial charge in [0.1, 0.15) is 0 Å². The van der Waals surface area contributed by atoms with E-state index in [1.165, 1.54) is 0 Å². The predicted molar refractivity (Wildman–Crippen MR) is 83.4 cm³/mol. The highest BCUT2D eigenvalue weighted by Crippen LogP contribution is 2.30. The minimum absolute atomic E-state index is 0.00685. The molecule has 2 heteroatoms. The van der Waals surface area contributed by atoms with E-state index in [4.69, 9.17) is 5.73 Å². The van der Waals surface area contributed by atoms with Crippen molar-refractivity contribution < 1.29 is 5.11 Å². The van der Waals surface area contributed by atoms with Crippen LogP contribution < -0.4 is 5.73 Å². The summed E-state index contributed by atoms with van der Waals surface area (Å²) in [4.78, 5) is 0. The fourth-order valence-corrected chi connectivity index (χ4v) is 2.60. The van der Waals surface area contributed by atoms with Crippen LogP contribution in [0.25, 0.3) is 0 Å². The lowest BCUT2D eigenvalue weighted by Gasteiger charge is -2.29. The van der Waals surface area contributed by atoms with E-state index in [-0.39, 0.29) is 17.9 Å². The Labute approximate surface area is 121 Å². The van der Waals surface area contributed by atoms with Gasteiger partial charge in [-0.05, 0) is 11.1 Å². The molecule has 0 fully saturated rings. The SMILES string of the molecule is CC(c1ccccc1)[C@H](O)[C@@H](C)[C@H](N)c1ccccc1. The van der Waals surface area contributed by atoms with Crippen LogP contribution in [0.3, 0.4) is 0 Å². The first-order chi connectivity index (χ1) is 9.61. The molecule has 106 valence electrons. The van der Waals surface area contributed by atoms with E-state index in [0.717, 1.165) is 11.1 Å². The lowest BCUT2D eigenvalue weighted by molar-refractivity contribution is 0.0806. The van der Waals surface area contributed by atoms with Crippen molar-refractivity contribution in [1.29, 1.82) is 0 Å². The van der Waals surface area contributed by atoms with Gasteiger partial charge < -0.3 is 10.8 Å². The Kier molecular flexibility index (Phi) is 4.94. The number of aliphatic hydroxyl groups excluding tert-OH is 1. The fourth-order valence-electron chi connectivity index (χ4n) is 2.60. The van der Waals surface area contributed by atoms with Gasteiger partial charge in [0, 0.05) is 17.9 Å². The summed E-state index contributed by atoms with van der Waals surface area (Å²) in [6, 6.07) is 19.9. The molecule has 20 heavy (non-hydrogen) atoms. The molecule has 0 amide bonds. The molecular weight excluding hydrogens is 246 g/mol. The second-order valence-electron chi connectivity index (χ2n) is 5.49. The van der Waals surface area contributed by atoms with Crippen molar-refractivity contribution in [2.75, 3.05) is 0 Å². The molecule has 0 aromatic heterocycles. The number of nitrogens with two attached hydrogens (primary N) is 1. The summed E-state index contributed by atoms with van der Waals surface area (Å²) in [5, 5.41) is 10.6. The van der Waals surface area contributed by atoms with Crippen molar-refractivity contribution in [3.8, 4) is 0 Å². The molecule has 0 saturated carbocycles. The third-order valence-corrected chi connectivity index (χ3v) is 4.13. The first kappa shape index (κ1) is 14.8. The van der Waals surface area contributed by atoms with E-state index in [2.05, 4.69) is 12.1 Å². The van der Waals surface area contributed by atoms with Crippen LogP contribution in [-0.4, -0.2) is 11.2 Å². The molecule has 0 heterocycles. The summed E-state index contributed by atoms with van der Waals surface area (Å²) in [7, 11) is 0. The zero-order chi connectivity index (χ0) is 14.5. The van der Waals surface area contributed by atoms with Gasteiger partial charge in [-0.3, -0.25) is 0 Å². The zero-order valence-electron chi connectivity index (χ0n) is 12.1. The van der Waals surface area contributed by atoms with Crippen molar-refractivity contribution in [2.24, 2.45) is 11.7 Å². The van der Waals surface area contributed by atoms with Crippen molar-refractivity contribution in [3.63, 3.8) is 0 Å². The summed E-state index contributed by atoms with van der Waals surface area (Å²) < 4.78 is 0. The third-order valence-electron chi connectivity index (χ3n) is 4.13. The summed E-state index contributed by atoms with van der Waals surface area (Å²) in [5.41, 5.74) is 8.51. The average Bonchev–Trinajstić information content (AvgIpc) is 2.53. The van der Waals surface area contributed by atoms with Gasteiger partial charge in [-0.25, -0.2) is 0 Å². The Bertz CT molecular complexity index is 462. The standard InChI is InChI=1S/C18H23NO/c1-13(15-9-5-3-6-10-15)18(20)14(2)17(19)16-11-7-4-8-12-16/h3-14,17-18,20H,19H2,1-2H3/t13?,14-,17-,18-/m0/s1. The fraction of sp³-hybridized carbons (Fsp3) is 0.333. The maximum Gasteiger partial charge on any atom is 0.0649 e. The second-order valence-corrected chi connectivity index (χ2v) is 5.49. The highest BCUT2D eigenvalue weighted by Gasteiger charge is 2.27. The number of hydrogen-bond acceptors (Lipinski definition) is 2. The normalized spacial score (nSPS) is 17.2. The minimum Gasteiger partial charge on any atom is -0.392 e. The first-order valence-electron chi connectivity index (χ1n) is 7.14. The lowest BCUT2D eigenvalue weighted by atomic mass is 9.82. The van der Waals surface area contributed by atoms with Crippen LogP contribution in [0.1, 0.15) is 36.9 Å². The molecule has 2 aromatic carbocycles. The Morgan fingerprint density at radius 1 is 0.800 bits per heavy atom. The maximum absolute atomic E-state index is 10.6. The van der Waals surface area contributed by atoms with Gasteiger partial charge in [-0.2, -0.15) is 0 Å². The molecule has 0 aliphatic rings. The van der Waals surface area contributed by atoms with Gasteiger partial charge in [0.2, 0.25) is 0 Å². The van der Waals surface area contributed by atoms with Crippen molar-refractivity contribution >= 4 is 0 Å². The molecule has 0 bridgehead atoms. The molecule has 0 aliphatic heterocycles. The number of aliphatic hydroxyl groups is 1. The monoisotopic (exact) mass is 269 g/mol. The second kappa shape index (κ2) is 6.69. The van der Waals surface area contributed by atoms with E-state index in [0.29, 0.717) is 0 Å². The largest absolute Gasteiger partial charge is 0.392 e. The van der Waals surface area contributed by atoms with Gasteiger partial charge in [-0.15, -0.1) is 0 Å². The lowest BCUT2D eigenvalue weighted by Crippen LogP contribution is -2.32. The van der Waals surface area contributed by atoms with Crippen molar-refractivity contribution in [1.82, 2.24) is 0 Å². The molecule has 3 N–H and O–H groups in total. The molecule has 2 aromatic rings. The van der Waals surface area contributed by atoms with Crippen molar-refractivity contribution in [3.05, 3.63) is 71.8 Å². The number of rotatable bonds is 5. The van der Waals surface area contributed by atoms with Crippen LogP contribution in [0.4, 0.5) is 0 Å². The predicted octanol–water partition coefficient (Wildman–Crippen LogP) is 3.49. The maximum atomic E-state index is 10.6. The topological polar surface area (TPSA) is 46.2 Å². The molecule has 0 aliphatic carbocycles. The van der Waals surface area contributed by atoms with E-state index in [1.54, 1.807) is 0 Å². The minimum atomic E-state index is -0.465. The van der Waals surface area contributed by atoms with Crippen LogP contribution in [0, 0.1) is 5.92 Å². The van der Waals surface area contributed by atoms with E-state index in [9.17, 15) is 5.11 Å². The number of benzene rings is 2. The zero-order valence-corrected chi connectivity index (χ0v) is 12.1. The van der Waals surface area contributed by atoms with Crippen LogP contribution in [0.5, 0.6) is 0 Å². The smallest absolute Gasteiger partial charge is 0.0649 e. The summed E-state index contributed by atoms with van der Waals surface area (Å²) in [5.74, 6) is 0.0635. The first-order valence-corrected chi connectivity index (χ1v) is 7.14. The quantitative estimate of drug-likeness (QED) is 0.873.